The molecule has 0 amide bonds. The maximum Gasteiger partial charge on any atom is 0.0799 e. The van der Waals surface area contributed by atoms with Crippen molar-refractivity contribution in [2.24, 2.45) is 0 Å². The van der Waals surface area contributed by atoms with Gasteiger partial charge in [-0.15, -0.1) is 0 Å². The van der Waals surface area contributed by atoms with E-state index in [0.29, 0.717) is 6.10 Å². The first-order valence-electron chi connectivity index (χ1n) is 4.02. The minimum absolute atomic E-state index is 0.336. The van der Waals surface area contributed by atoms with Gasteiger partial charge >= 0.3 is 0 Å². The number of hydrogen-bond acceptors (Lipinski definition) is 2. The molecule has 4 heteroatoms. The Bertz CT molecular complexity index is 154. The molecule has 1 unspecified atom stereocenters. The predicted octanol–water partition coefficient (Wildman–Crippen LogP) is 1.83. The average Bonchev–Trinajstić information content (AvgIpc) is 2.15. The van der Waals surface area contributed by atoms with Crippen molar-refractivity contribution >= 4 is 27.5 Å². The third-order valence-corrected chi connectivity index (χ3v) is 2.75. The molecule has 1 fully saturated rings. The van der Waals surface area contributed by atoms with E-state index >= 15 is 0 Å². The van der Waals surface area contributed by atoms with Gasteiger partial charge in [-0.05, 0) is 0 Å². The highest BCUT2D eigenvalue weighted by molar-refractivity contribution is 9.09. The molecule has 2 nitrogen and oxygen atoms in total. The van der Waals surface area contributed by atoms with E-state index in [4.69, 9.17) is 16.3 Å². The smallest absolute Gasteiger partial charge is 0.0799 e. The van der Waals surface area contributed by atoms with E-state index in [-0.39, 0.29) is 0 Å². The van der Waals surface area contributed by atoms with Crippen LogP contribution in [-0.2, 0) is 4.74 Å². The maximum absolute atomic E-state index is 5.49. The summed E-state index contributed by atoms with van der Waals surface area (Å²) in [5, 5.41) is 0.911. The van der Waals surface area contributed by atoms with Crippen LogP contribution < -0.4 is 0 Å². The average molecular weight is 255 g/mol. The molecule has 0 aromatic carbocycles. The van der Waals surface area contributed by atoms with Crippen LogP contribution in [-0.4, -0.2) is 42.6 Å². The van der Waals surface area contributed by atoms with Crippen molar-refractivity contribution in [3.05, 3.63) is 11.6 Å². The van der Waals surface area contributed by atoms with E-state index in [9.17, 15) is 0 Å². The summed E-state index contributed by atoms with van der Waals surface area (Å²) >= 11 is 8.85. The van der Waals surface area contributed by atoms with E-state index in [1.54, 1.807) is 5.54 Å². The van der Waals surface area contributed by atoms with E-state index in [1.165, 1.54) is 0 Å². The zero-order valence-corrected chi connectivity index (χ0v) is 9.22. The number of hydrogen-bond donors (Lipinski definition) is 0. The van der Waals surface area contributed by atoms with Crippen LogP contribution in [0.3, 0.4) is 0 Å². The van der Waals surface area contributed by atoms with Crippen LogP contribution in [0.15, 0.2) is 11.6 Å². The lowest BCUT2D eigenvalue weighted by atomic mass is 10.3. The molecule has 0 aromatic heterocycles. The predicted molar refractivity (Wildman–Crippen MR) is 55.0 cm³/mol. The minimum Gasteiger partial charge on any atom is -0.375 e. The molecule has 1 aliphatic rings. The first kappa shape index (κ1) is 10.5. The van der Waals surface area contributed by atoms with Crippen molar-refractivity contribution in [1.82, 2.24) is 4.90 Å². The number of rotatable bonds is 3. The largest absolute Gasteiger partial charge is 0.375 e. The first-order valence-corrected chi connectivity index (χ1v) is 5.57. The molecular weight excluding hydrogens is 241 g/mol. The Hall–Kier alpha value is 0.430. The van der Waals surface area contributed by atoms with Crippen LogP contribution in [0.1, 0.15) is 0 Å². The molecule has 12 heavy (non-hydrogen) atoms. The maximum atomic E-state index is 5.49. The van der Waals surface area contributed by atoms with Gasteiger partial charge < -0.3 is 4.74 Å². The van der Waals surface area contributed by atoms with E-state index in [2.05, 4.69) is 20.8 Å². The van der Waals surface area contributed by atoms with Crippen LogP contribution in [0, 0.1) is 0 Å². The SMILES string of the molecule is Cl/C=C/CN1CCOC(CBr)C1. The molecule has 1 rings (SSSR count). The van der Waals surface area contributed by atoms with Crippen LogP contribution in [0.2, 0.25) is 0 Å². The molecule has 0 N–H and O–H groups in total. The quantitative estimate of drug-likeness (QED) is 0.713. The lowest BCUT2D eigenvalue weighted by molar-refractivity contribution is -0.0108. The second-order valence-electron chi connectivity index (χ2n) is 2.77. The lowest BCUT2D eigenvalue weighted by Gasteiger charge is -2.31. The van der Waals surface area contributed by atoms with Crippen molar-refractivity contribution in [2.45, 2.75) is 6.10 Å². The summed E-state index contributed by atoms with van der Waals surface area (Å²) in [6, 6.07) is 0. The van der Waals surface area contributed by atoms with Gasteiger partial charge in [0.15, 0.2) is 0 Å². The Morgan fingerprint density at radius 1 is 1.67 bits per heavy atom. The molecule has 1 heterocycles. The molecular formula is C8H13BrClNO. The van der Waals surface area contributed by atoms with Gasteiger partial charge in [-0.25, -0.2) is 0 Å². The van der Waals surface area contributed by atoms with Crippen molar-refractivity contribution in [3.63, 3.8) is 0 Å². The van der Waals surface area contributed by atoms with Gasteiger partial charge in [0.05, 0.1) is 12.7 Å². The molecule has 0 aliphatic carbocycles. The Labute approximate surface area is 86.6 Å². The Kier molecular flexibility index (Phi) is 5.23. The summed E-state index contributed by atoms with van der Waals surface area (Å²) < 4.78 is 5.49. The van der Waals surface area contributed by atoms with Gasteiger partial charge in [0.25, 0.3) is 0 Å². The second-order valence-corrected chi connectivity index (χ2v) is 3.67. The Morgan fingerprint density at radius 3 is 3.17 bits per heavy atom. The topological polar surface area (TPSA) is 12.5 Å². The molecule has 1 aliphatic heterocycles. The highest BCUT2D eigenvalue weighted by atomic mass is 79.9. The molecule has 0 aromatic rings. The normalized spacial score (nSPS) is 26.7. The zero-order chi connectivity index (χ0) is 8.81. The third kappa shape index (κ3) is 3.44. The van der Waals surface area contributed by atoms with E-state index in [0.717, 1.165) is 31.6 Å². The van der Waals surface area contributed by atoms with Crippen LogP contribution >= 0.6 is 27.5 Å². The molecule has 70 valence electrons. The van der Waals surface area contributed by atoms with Crippen molar-refractivity contribution < 1.29 is 4.74 Å². The fourth-order valence-electron chi connectivity index (χ4n) is 1.23. The van der Waals surface area contributed by atoms with E-state index < -0.39 is 0 Å². The number of alkyl halides is 1. The fourth-order valence-corrected chi connectivity index (χ4v) is 1.70. The summed E-state index contributed by atoms with van der Waals surface area (Å²) in [7, 11) is 0. The molecule has 0 saturated carbocycles. The van der Waals surface area contributed by atoms with Crippen LogP contribution in [0.4, 0.5) is 0 Å². The van der Waals surface area contributed by atoms with Gasteiger partial charge in [-0.2, -0.15) is 0 Å². The molecule has 0 spiro atoms. The third-order valence-electron chi connectivity index (χ3n) is 1.85. The number of halogens is 2. The summed E-state index contributed by atoms with van der Waals surface area (Å²) in [5.74, 6) is 0. The lowest BCUT2D eigenvalue weighted by Crippen LogP contribution is -2.43. The summed E-state index contributed by atoms with van der Waals surface area (Å²) in [5.41, 5.74) is 1.57. The molecule has 0 bridgehead atoms. The molecule has 1 atom stereocenters. The fraction of sp³-hybridized carbons (Fsp3) is 0.750. The van der Waals surface area contributed by atoms with Gasteiger partial charge in [-0.1, -0.05) is 33.6 Å². The van der Waals surface area contributed by atoms with E-state index in [1.807, 2.05) is 6.08 Å². The Morgan fingerprint density at radius 2 is 2.50 bits per heavy atom. The number of ether oxygens (including phenoxy) is 1. The molecule has 0 radical (unpaired) electrons. The second kappa shape index (κ2) is 5.97. The van der Waals surface area contributed by atoms with Gasteiger partial charge in [0, 0.05) is 30.5 Å². The van der Waals surface area contributed by atoms with Crippen LogP contribution in [0.5, 0.6) is 0 Å². The summed E-state index contributed by atoms with van der Waals surface area (Å²) in [6.07, 6.45) is 2.29. The van der Waals surface area contributed by atoms with Gasteiger partial charge in [0.1, 0.15) is 0 Å². The highest BCUT2D eigenvalue weighted by Crippen LogP contribution is 2.07. The highest BCUT2D eigenvalue weighted by Gasteiger charge is 2.17. The minimum atomic E-state index is 0.336. The van der Waals surface area contributed by atoms with Crippen molar-refractivity contribution in [1.29, 1.82) is 0 Å². The molecule has 1 saturated heterocycles. The summed E-state index contributed by atoms with van der Waals surface area (Å²) in [4.78, 5) is 2.33. The van der Waals surface area contributed by atoms with Gasteiger partial charge in [0.2, 0.25) is 0 Å². The van der Waals surface area contributed by atoms with Crippen molar-refractivity contribution in [3.8, 4) is 0 Å². The monoisotopic (exact) mass is 253 g/mol. The zero-order valence-electron chi connectivity index (χ0n) is 6.88. The standard InChI is InChI=1S/C8H13BrClNO/c9-6-8-7-11(3-1-2-10)4-5-12-8/h1-2,8H,3-7H2/b2-1+. The first-order chi connectivity index (χ1) is 5.86. The Balaban J connectivity index is 2.25. The van der Waals surface area contributed by atoms with Crippen LogP contribution in [0.25, 0.3) is 0 Å². The number of morpholine rings is 1. The van der Waals surface area contributed by atoms with Crippen molar-refractivity contribution in [2.75, 3.05) is 31.6 Å². The summed E-state index contributed by atoms with van der Waals surface area (Å²) in [6.45, 7) is 3.75. The van der Waals surface area contributed by atoms with Gasteiger partial charge in [-0.3, -0.25) is 4.90 Å². The number of nitrogens with zero attached hydrogens (tertiary/aromatic N) is 1.